The summed E-state index contributed by atoms with van der Waals surface area (Å²) in [5, 5.41) is 2.03. The largest absolute Gasteiger partial charge is 0.391 e. The van der Waals surface area contributed by atoms with E-state index in [0.29, 0.717) is 0 Å². The predicted octanol–water partition coefficient (Wildman–Crippen LogP) is 3.33. The van der Waals surface area contributed by atoms with Gasteiger partial charge in [0.15, 0.2) is 0 Å². The van der Waals surface area contributed by atoms with Gasteiger partial charge < -0.3 is 5.73 Å². The average molecular weight is 209 g/mol. The van der Waals surface area contributed by atoms with Crippen LogP contribution in [0, 0.1) is 0 Å². The fourth-order valence-corrected chi connectivity index (χ4v) is 2.75. The van der Waals surface area contributed by atoms with Gasteiger partial charge in [-0.2, -0.15) is 0 Å². The zero-order valence-corrected chi connectivity index (χ0v) is 9.08. The minimum atomic E-state index is 0.860. The summed E-state index contributed by atoms with van der Waals surface area (Å²) in [5.74, 6) is 0. The summed E-state index contributed by atoms with van der Waals surface area (Å²) in [6.07, 6.45) is 1.04. The van der Waals surface area contributed by atoms with Crippen molar-refractivity contribution in [1.82, 2.24) is 0 Å². The summed E-state index contributed by atoms with van der Waals surface area (Å²) in [6.45, 7) is 2.14. The monoisotopic (exact) mass is 209 g/mol. The molecule has 13 heavy (non-hydrogen) atoms. The maximum atomic E-state index is 5.74. The van der Waals surface area contributed by atoms with Crippen LogP contribution in [0.25, 0.3) is 10.1 Å². The van der Waals surface area contributed by atoms with Gasteiger partial charge in [-0.3, -0.25) is 0 Å². The molecule has 0 aliphatic rings. The molecule has 2 aromatic rings. The maximum absolute atomic E-state index is 5.74. The average Bonchev–Trinajstić information content (AvgIpc) is 2.46. The van der Waals surface area contributed by atoms with Crippen LogP contribution in [0.2, 0.25) is 0 Å². The number of benzene rings is 1. The van der Waals surface area contributed by atoms with Gasteiger partial charge in [0.1, 0.15) is 0 Å². The molecule has 3 heteroatoms. The Hall–Kier alpha value is -0.670. The van der Waals surface area contributed by atoms with Crippen molar-refractivity contribution in [3.63, 3.8) is 0 Å². The predicted molar refractivity (Wildman–Crippen MR) is 62.9 cm³/mol. The third-order valence-corrected chi connectivity index (χ3v) is 3.38. The Bertz CT molecular complexity index is 445. The van der Waals surface area contributed by atoms with Crippen LogP contribution < -0.4 is 5.73 Å². The van der Waals surface area contributed by atoms with E-state index >= 15 is 0 Å². The Balaban J connectivity index is 2.75. The van der Waals surface area contributed by atoms with Gasteiger partial charge in [0.25, 0.3) is 0 Å². The fourth-order valence-electron chi connectivity index (χ4n) is 1.40. The highest BCUT2D eigenvalue weighted by Gasteiger charge is 2.03. The van der Waals surface area contributed by atoms with Gasteiger partial charge in [-0.15, -0.1) is 24.0 Å². The molecule has 0 radical (unpaired) electrons. The number of rotatable bonds is 1. The van der Waals surface area contributed by atoms with Crippen LogP contribution in [0.5, 0.6) is 0 Å². The van der Waals surface area contributed by atoms with E-state index in [9.17, 15) is 0 Å². The first-order chi connectivity index (χ1) is 6.20. The Kier molecular flexibility index (Phi) is 2.22. The second-order valence-corrected chi connectivity index (χ2v) is 4.63. The Labute approximate surface area is 87.0 Å². The number of anilines is 1. The molecule has 1 aromatic carbocycles. The first-order valence-corrected chi connectivity index (χ1v) is 5.48. The number of thiophene rings is 1. The number of thiol groups is 1. The molecular weight excluding hydrogens is 198 g/mol. The number of nitrogens with two attached hydrogens (primary N) is 1. The molecule has 0 saturated carbocycles. The minimum Gasteiger partial charge on any atom is -0.391 e. The minimum absolute atomic E-state index is 0.860. The topological polar surface area (TPSA) is 26.0 Å². The van der Waals surface area contributed by atoms with Gasteiger partial charge in [-0.05, 0) is 30.2 Å². The molecule has 0 aliphatic heterocycles. The van der Waals surface area contributed by atoms with Crippen LogP contribution in [-0.4, -0.2) is 0 Å². The van der Waals surface area contributed by atoms with Crippen molar-refractivity contribution >= 4 is 39.1 Å². The van der Waals surface area contributed by atoms with Gasteiger partial charge in [-0.1, -0.05) is 6.92 Å². The Morgan fingerprint density at radius 1 is 1.38 bits per heavy atom. The summed E-state index contributed by atoms with van der Waals surface area (Å²) in [4.78, 5) is 1.03. The van der Waals surface area contributed by atoms with E-state index in [1.165, 1.54) is 15.6 Å². The van der Waals surface area contributed by atoms with Crippen LogP contribution in [0.3, 0.4) is 0 Å². The van der Waals surface area contributed by atoms with Gasteiger partial charge in [-0.25, -0.2) is 0 Å². The molecule has 0 spiro atoms. The van der Waals surface area contributed by atoms with Crippen LogP contribution >= 0.6 is 24.0 Å². The SMILES string of the molecule is CCc1cc(S)c2cc(N)sc2c1. The quantitative estimate of drug-likeness (QED) is 0.692. The van der Waals surface area contributed by atoms with E-state index in [2.05, 4.69) is 31.7 Å². The van der Waals surface area contributed by atoms with Crippen LogP contribution in [0.1, 0.15) is 12.5 Å². The standard InChI is InChI=1S/C10H11NS2/c1-2-6-3-8(12)7-5-10(11)13-9(7)4-6/h3-5,12H,2,11H2,1H3. The Morgan fingerprint density at radius 3 is 2.85 bits per heavy atom. The van der Waals surface area contributed by atoms with Crippen LogP contribution in [0.4, 0.5) is 5.00 Å². The number of aryl methyl sites for hydroxylation is 1. The van der Waals surface area contributed by atoms with Gasteiger partial charge >= 0.3 is 0 Å². The Morgan fingerprint density at radius 2 is 2.15 bits per heavy atom. The van der Waals surface area contributed by atoms with Crippen molar-refractivity contribution in [2.24, 2.45) is 0 Å². The highest BCUT2D eigenvalue weighted by atomic mass is 32.1. The van der Waals surface area contributed by atoms with Crippen molar-refractivity contribution in [1.29, 1.82) is 0 Å². The number of fused-ring (bicyclic) bond motifs is 1. The summed E-state index contributed by atoms with van der Waals surface area (Å²) >= 11 is 6.06. The third kappa shape index (κ3) is 1.54. The summed E-state index contributed by atoms with van der Waals surface area (Å²) < 4.78 is 1.24. The molecule has 0 unspecified atom stereocenters. The summed E-state index contributed by atoms with van der Waals surface area (Å²) in [7, 11) is 0. The lowest BCUT2D eigenvalue weighted by molar-refractivity contribution is 1.14. The van der Waals surface area contributed by atoms with Crippen molar-refractivity contribution in [2.75, 3.05) is 5.73 Å². The van der Waals surface area contributed by atoms with Crippen molar-refractivity contribution < 1.29 is 0 Å². The van der Waals surface area contributed by atoms with Gasteiger partial charge in [0.2, 0.25) is 0 Å². The highest BCUT2D eigenvalue weighted by Crippen LogP contribution is 2.32. The van der Waals surface area contributed by atoms with Crippen LogP contribution in [0.15, 0.2) is 23.1 Å². The second kappa shape index (κ2) is 3.24. The fraction of sp³-hybridized carbons (Fsp3) is 0.200. The molecule has 0 saturated heterocycles. The molecule has 0 fully saturated rings. The number of nitrogen functional groups attached to an aromatic ring is 1. The normalized spacial score (nSPS) is 10.9. The van der Waals surface area contributed by atoms with E-state index in [0.717, 1.165) is 16.3 Å². The van der Waals surface area contributed by atoms with Gasteiger partial charge in [0, 0.05) is 15.0 Å². The van der Waals surface area contributed by atoms with Crippen molar-refractivity contribution in [3.8, 4) is 0 Å². The van der Waals surface area contributed by atoms with E-state index in [4.69, 9.17) is 5.73 Å². The summed E-state index contributed by atoms with van der Waals surface area (Å²) in [6, 6.07) is 6.29. The lowest BCUT2D eigenvalue weighted by Gasteiger charge is -1.99. The van der Waals surface area contributed by atoms with E-state index < -0.39 is 0 Å². The third-order valence-electron chi connectivity index (χ3n) is 2.10. The molecule has 1 nitrogen and oxygen atoms in total. The molecule has 68 valence electrons. The zero-order chi connectivity index (χ0) is 9.42. The van der Waals surface area contributed by atoms with Gasteiger partial charge in [0.05, 0.1) is 5.00 Å². The highest BCUT2D eigenvalue weighted by molar-refractivity contribution is 7.80. The van der Waals surface area contributed by atoms with Crippen LogP contribution in [-0.2, 0) is 6.42 Å². The summed E-state index contributed by atoms with van der Waals surface area (Å²) in [5.41, 5.74) is 7.05. The number of hydrogen-bond acceptors (Lipinski definition) is 3. The molecule has 0 bridgehead atoms. The maximum Gasteiger partial charge on any atom is 0.0869 e. The second-order valence-electron chi connectivity index (χ2n) is 3.03. The van der Waals surface area contributed by atoms with E-state index in [-0.39, 0.29) is 0 Å². The molecule has 1 heterocycles. The molecule has 0 atom stereocenters. The molecular formula is C10H11NS2. The van der Waals surface area contributed by atoms with Crippen molar-refractivity contribution in [3.05, 3.63) is 23.8 Å². The zero-order valence-electron chi connectivity index (χ0n) is 7.37. The number of hydrogen-bond donors (Lipinski definition) is 2. The molecule has 0 amide bonds. The lowest BCUT2D eigenvalue weighted by atomic mass is 10.1. The molecule has 2 N–H and O–H groups in total. The first kappa shape index (κ1) is 8.91. The van der Waals surface area contributed by atoms with E-state index in [1.807, 2.05) is 6.07 Å². The lowest BCUT2D eigenvalue weighted by Crippen LogP contribution is -1.79. The van der Waals surface area contributed by atoms with Crippen molar-refractivity contribution in [2.45, 2.75) is 18.2 Å². The molecule has 2 rings (SSSR count). The van der Waals surface area contributed by atoms with E-state index in [1.54, 1.807) is 11.3 Å². The molecule has 0 aliphatic carbocycles. The smallest absolute Gasteiger partial charge is 0.0869 e. The first-order valence-electron chi connectivity index (χ1n) is 4.21. The molecule has 1 aromatic heterocycles.